The van der Waals surface area contributed by atoms with Crippen LogP contribution in [0.2, 0.25) is 0 Å². The Morgan fingerprint density at radius 3 is 0.909 bits per heavy atom. The van der Waals surface area contributed by atoms with Crippen LogP contribution in [0, 0.1) is 33.5 Å². The Hall–Kier alpha value is -14.3. The van der Waals surface area contributed by atoms with Crippen molar-refractivity contribution < 1.29 is 77.6 Å². The monoisotopic (exact) mass is 1830 g/mol. The number of carbonyl (C=O) groups is 13. The second-order valence-electron chi connectivity index (χ2n) is 33.7. The molecule has 42 nitrogen and oxygen atoms in total. The third kappa shape index (κ3) is 35.3. The number of nitrogens with two attached hydrogens (primary N) is 6. The van der Waals surface area contributed by atoms with Crippen LogP contribution in [0.4, 0.5) is 0 Å². The largest absolute Gasteiger partial charge is 0.508 e. The summed E-state index contributed by atoms with van der Waals surface area (Å²) in [5.41, 5.74) is 36.3. The maximum absolute atomic E-state index is 15.7. The van der Waals surface area contributed by atoms with Crippen molar-refractivity contribution in [3.8, 4) is 17.2 Å². The molecule has 0 unspecified atom stereocenters. The van der Waals surface area contributed by atoms with E-state index in [9.17, 15) is 44.1 Å². The van der Waals surface area contributed by atoms with E-state index in [1.54, 1.807) is 88.4 Å². The highest BCUT2D eigenvalue weighted by molar-refractivity contribution is 6.01. The number of guanidine groups is 4. The molecule has 132 heavy (non-hydrogen) atoms. The Labute approximate surface area is 766 Å². The van der Waals surface area contributed by atoms with Gasteiger partial charge in [-0.15, -0.1) is 0 Å². The lowest BCUT2D eigenvalue weighted by atomic mass is 9.99. The van der Waals surface area contributed by atoms with Gasteiger partial charge in [0.15, 0.2) is 23.8 Å². The van der Waals surface area contributed by atoms with E-state index in [1.165, 1.54) is 82.6 Å². The first kappa shape index (κ1) is 105. The van der Waals surface area contributed by atoms with Crippen LogP contribution in [-0.4, -0.2) is 244 Å². The summed E-state index contributed by atoms with van der Waals surface area (Å²) in [6, 6.07) is 16.5. The lowest BCUT2D eigenvalue weighted by Crippen LogP contribution is -2.61. The van der Waals surface area contributed by atoms with Gasteiger partial charge in [0, 0.05) is 71.4 Å². The molecule has 33 N–H and O–H groups in total. The zero-order chi connectivity index (χ0) is 96.7. The predicted octanol–water partition coefficient (Wildman–Crippen LogP) is -2.29. The van der Waals surface area contributed by atoms with E-state index in [2.05, 4.69) is 74.4 Å². The van der Waals surface area contributed by atoms with Gasteiger partial charge in [-0.25, -0.2) is 0 Å². The number of likely N-dealkylation sites (tertiary alicyclic amines) is 2. The van der Waals surface area contributed by atoms with Gasteiger partial charge in [-0.05, 0) is 160 Å². The van der Waals surface area contributed by atoms with Crippen LogP contribution in [0.15, 0.2) is 133 Å². The summed E-state index contributed by atoms with van der Waals surface area (Å²) in [7, 11) is 0. The number of phenols is 3. The molecule has 13 amide bonds. The summed E-state index contributed by atoms with van der Waals surface area (Å²) in [6.45, 7) is 7.45. The molecule has 0 spiro atoms. The topological polar surface area (TPSA) is 709 Å². The first-order valence-corrected chi connectivity index (χ1v) is 44.3. The lowest BCUT2D eigenvalue weighted by Gasteiger charge is -2.32. The number of primary amides is 1. The predicted molar refractivity (Wildman–Crippen MR) is 493 cm³/mol. The minimum Gasteiger partial charge on any atom is -0.508 e. The summed E-state index contributed by atoms with van der Waals surface area (Å²) < 4.78 is 0. The maximum Gasteiger partial charge on any atom is 0.246 e. The van der Waals surface area contributed by atoms with Gasteiger partial charge < -0.3 is 134 Å². The quantitative estimate of drug-likeness (QED) is 0.0111. The molecule has 13 atom stereocenters. The molecular formula is C90H130N26O16. The van der Waals surface area contributed by atoms with E-state index >= 15 is 33.6 Å². The highest BCUT2D eigenvalue weighted by atomic mass is 16.3. The summed E-state index contributed by atoms with van der Waals surface area (Å²) in [4.78, 5) is 194. The van der Waals surface area contributed by atoms with Gasteiger partial charge in [-0.2, -0.15) is 0 Å². The van der Waals surface area contributed by atoms with Crippen molar-refractivity contribution in [3.63, 3.8) is 0 Å². The van der Waals surface area contributed by atoms with Gasteiger partial charge in [0.05, 0.1) is 6.04 Å². The maximum atomic E-state index is 15.7. The second kappa shape index (κ2) is 53.0. The number of hydrogen-bond acceptors (Lipinski definition) is 21. The molecule has 2 aliphatic rings. The Morgan fingerprint density at radius 2 is 0.598 bits per heavy atom. The fraction of sp³-hybridized carbons (Fsp3) is 0.478. The number of benzene rings is 5. The first-order chi connectivity index (χ1) is 62.8. The number of phenolic OH excluding ortho intramolecular Hbond substituents is 3. The van der Waals surface area contributed by atoms with E-state index in [0.29, 0.717) is 27.8 Å². The molecule has 2 saturated heterocycles. The SMILES string of the molecule is CC(C)C[C@H](NC(=O)[C@H](Cc1ccccc1)NC(=O)[C@@H]1CCCN1C(=O)[C@H](Cc1ccc(O)cc1)NC(=O)[C@H](Cc1ccc(O)cc1)NC(=O)[C@H](Cc1ccc(O)cc1)NC(=O)[C@@H]1CCCN1C(=O)[C@H](Cc1ccccc1)NC(=O)[C@H](CCCNC(=N)N)NC(=O)[C@H](CCCNC(=N)N)NC(=O)[C@@H](N)C(C)C)C(=O)N[C@@H](CCCNC(=N)N)C(=O)N[C@@H](CCCNC(=N)N)C(N)=O. The second-order valence-corrected chi connectivity index (χ2v) is 33.7. The molecule has 7 rings (SSSR count). The average Bonchev–Trinajstić information content (AvgIpc) is 1.62. The molecule has 42 heteroatoms. The lowest BCUT2D eigenvalue weighted by molar-refractivity contribution is -0.143. The summed E-state index contributed by atoms with van der Waals surface area (Å²) in [5.74, 6) is -13.1. The summed E-state index contributed by atoms with van der Waals surface area (Å²) in [5, 5.41) is 100. The number of carbonyl (C=O) groups excluding carboxylic acids is 13. The number of aromatic hydroxyl groups is 3. The van der Waals surface area contributed by atoms with Crippen molar-refractivity contribution in [2.45, 2.75) is 222 Å². The van der Waals surface area contributed by atoms with Crippen LogP contribution in [0.25, 0.3) is 0 Å². The minimum absolute atomic E-state index is 0.000293. The van der Waals surface area contributed by atoms with Crippen molar-refractivity contribution in [1.29, 1.82) is 21.6 Å². The van der Waals surface area contributed by atoms with Gasteiger partial charge in [0.2, 0.25) is 76.8 Å². The number of rotatable bonds is 52. The van der Waals surface area contributed by atoms with Crippen LogP contribution in [0.5, 0.6) is 17.2 Å². The zero-order valence-electron chi connectivity index (χ0n) is 74.8. The molecule has 0 bridgehead atoms. The van der Waals surface area contributed by atoms with Crippen molar-refractivity contribution in [3.05, 3.63) is 161 Å². The molecule has 2 fully saturated rings. The third-order valence-corrected chi connectivity index (χ3v) is 22.4. The number of nitrogens with one attached hydrogen (secondary N) is 18. The zero-order valence-corrected chi connectivity index (χ0v) is 74.8. The molecule has 2 aliphatic heterocycles. The molecule has 2 heterocycles. The van der Waals surface area contributed by atoms with Crippen molar-refractivity contribution >= 4 is 101 Å². The van der Waals surface area contributed by atoms with E-state index in [-0.39, 0.29) is 208 Å². The Bertz CT molecular complexity index is 4750. The minimum atomic E-state index is -1.63. The Kier molecular flexibility index (Phi) is 42.0. The van der Waals surface area contributed by atoms with Crippen LogP contribution in [0.3, 0.4) is 0 Å². The molecule has 5 aromatic carbocycles. The van der Waals surface area contributed by atoms with Crippen LogP contribution in [-0.2, 0) is 94.4 Å². The number of hydrogen-bond donors (Lipinski definition) is 27. The molecule has 0 aliphatic carbocycles. The molecule has 0 saturated carbocycles. The van der Waals surface area contributed by atoms with Gasteiger partial charge in [-0.3, -0.25) is 84.0 Å². The van der Waals surface area contributed by atoms with Gasteiger partial charge in [0.1, 0.15) is 89.8 Å². The fourth-order valence-corrected chi connectivity index (χ4v) is 15.3. The molecule has 0 aromatic heterocycles. The first-order valence-electron chi connectivity index (χ1n) is 44.3. The highest BCUT2D eigenvalue weighted by Crippen LogP contribution is 2.25. The van der Waals surface area contributed by atoms with Gasteiger partial charge in [-0.1, -0.05) is 125 Å². The van der Waals surface area contributed by atoms with Gasteiger partial charge in [0.25, 0.3) is 0 Å². The van der Waals surface area contributed by atoms with Crippen molar-refractivity contribution in [1.82, 2.24) is 84.2 Å². The Morgan fingerprint density at radius 1 is 0.341 bits per heavy atom. The van der Waals surface area contributed by atoms with E-state index in [4.69, 9.17) is 56.0 Å². The highest BCUT2D eigenvalue weighted by Gasteiger charge is 2.44. The normalized spacial score (nSPS) is 15.9. The standard InChI is InChI=1S/C90H130N26O16/c1-51(2)45-65(78(124)107-62(22-12-40-102-88(95)96)75(121)105-61(74(92)120)21-11-39-101-87(93)94)109-79(125)67(46-53-17-7-5-8-18-53)111-82(128)71-25-16-44-116(71)86(132)70(50-57-31-37-60(119)38-32-57)114-81(127)66(47-55-27-33-58(117)34-28-55)110-80(126)68(48-56-29-35-59(118)36-30-56)112-83(129)72-26-15-43-115(72)85(131)69(49-54-19-9-6-10-20-54)113-77(123)63(23-13-41-103-89(97)98)106-76(122)64(24-14-42-104-90(99)100)108-84(130)73(91)52(3)4/h5-10,17-20,27-38,51-52,61-73,117-119H,11-16,21-26,39-50,91H2,1-4H3,(H2,92,120)(H,105,121)(H,106,122)(H,107,124)(H,108,130)(H,109,125)(H,110,126)(H,111,128)(H,112,129)(H,113,123)(H,114,127)(H4,93,94,101)(H4,95,96,102)(H4,97,98,103)(H4,99,100,104)/t61-,62-,63-,64-,65-,66-,67-,68-,69-,70-,71-,72-,73-/m0/s1. The smallest absolute Gasteiger partial charge is 0.246 e. The van der Waals surface area contributed by atoms with Gasteiger partial charge >= 0.3 is 0 Å². The molecule has 716 valence electrons. The number of nitrogens with zero attached hydrogens (tertiary/aromatic N) is 2. The van der Waals surface area contributed by atoms with E-state index in [0.717, 1.165) is 0 Å². The van der Waals surface area contributed by atoms with E-state index in [1.807, 2.05) is 0 Å². The van der Waals surface area contributed by atoms with Crippen molar-refractivity contribution in [2.75, 3.05) is 39.3 Å². The fourth-order valence-electron chi connectivity index (χ4n) is 15.3. The Balaban J connectivity index is 1.17. The van der Waals surface area contributed by atoms with Crippen LogP contribution >= 0.6 is 0 Å². The summed E-state index contributed by atoms with van der Waals surface area (Å²) >= 11 is 0. The molecular weight excluding hydrogens is 1700 g/mol. The number of amides is 13. The van der Waals surface area contributed by atoms with Crippen LogP contribution < -0.4 is 109 Å². The van der Waals surface area contributed by atoms with E-state index < -0.39 is 155 Å². The molecule has 5 aromatic rings. The molecule has 0 radical (unpaired) electrons. The average molecular weight is 1830 g/mol. The van der Waals surface area contributed by atoms with Crippen LogP contribution in [0.1, 0.15) is 139 Å². The summed E-state index contributed by atoms with van der Waals surface area (Å²) in [6.07, 6.45) is 0.0728. The van der Waals surface area contributed by atoms with Crippen molar-refractivity contribution in [2.24, 2.45) is 46.2 Å². The third-order valence-electron chi connectivity index (χ3n) is 22.4.